The lowest BCUT2D eigenvalue weighted by molar-refractivity contribution is 0.717. The highest BCUT2D eigenvalue weighted by molar-refractivity contribution is 9.10. The fourth-order valence-electron chi connectivity index (χ4n) is 3.21. The van der Waals surface area contributed by atoms with Crippen molar-refractivity contribution in [2.45, 2.75) is 32.7 Å². The molecule has 1 heterocycles. The molecule has 0 aliphatic carbocycles. The highest BCUT2D eigenvalue weighted by Crippen LogP contribution is 2.38. The number of aryl methyl sites for hydroxylation is 2. The van der Waals surface area contributed by atoms with Gasteiger partial charge >= 0.3 is 0 Å². The van der Waals surface area contributed by atoms with Gasteiger partial charge in [0.25, 0.3) is 0 Å². The maximum absolute atomic E-state index is 3.52. The average Bonchev–Trinajstić information content (AvgIpc) is 2.88. The van der Waals surface area contributed by atoms with Crippen molar-refractivity contribution in [3.8, 4) is 0 Å². The summed E-state index contributed by atoms with van der Waals surface area (Å²) in [7, 11) is 0. The number of rotatable bonds is 2. The molecule has 0 bridgehead atoms. The van der Waals surface area contributed by atoms with Gasteiger partial charge in [0.1, 0.15) is 0 Å². The lowest BCUT2D eigenvalue weighted by Crippen LogP contribution is -2.23. The molecule has 0 amide bonds. The second-order valence-corrected chi connectivity index (χ2v) is 6.61. The molecule has 1 aliphatic heterocycles. The van der Waals surface area contributed by atoms with Crippen molar-refractivity contribution in [1.29, 1.82) is 0 Å². The van der Waals surface area contributed by atoms with Crippen LogP contribution in [0.15, 0.2) is 46.9 Å². The number of hydrogen-bond acceptors (Lipinski definition) is 1. The minimum absolute atomic E-state index is 0.518. The summed E-state index contributed by atoms with van der Waals surface area (Å²) in [6, 6.07) is 16.1. The number of halogens is 1. The second kappa shape index (κ2) is 5.61. The van der Waals surface area contributed by atoms with Gasteiger partial charge in [0.15, 0.2) is 0 Å². The van der Waals surface area contributed by atoms with E-state index < -0.39 is 0 Å². The molecule has 1 atom stereocenters. The van der Waals surface area contributed by atoms with Crippen LogP contribution < -0.4 is 4.90 Å². The molecule has 3 rings (SSSR count). The zero-order valence-corrected chi connectivity index (χ0v) is 13.7. The van der Waals surface area contributed by atoms with E-state index in [0.717, 1.165) is 11.0 Å². The molecular formula is C18H20BrN. The quantitative estimate of drug-likeness (QED) is 0.712. The van der Waals surface area contributed by atoms with Crippen molar-refractivity contribution in [3.63, 3.8) is 0 Å². The summed E-state index contributed by atoms with van der Waals surface area (Å²) >= 11 is 3.52. The van der Waals surface area contributed by atoms with Gasteiger partial charge in [0, 0.05) is 16.7 Å². The van der Waals surface area contributed by atoms with E-state index in [0.29, 0.717) is 6.04 Å². The van der Waals surface area contributed by atoms with E-state index >= 15 is 0 Å². The first-order valence-corrected chi connectivity index (χ1v) is 8.04. The van der Waals surface area contributed by atoms with Crippen LogP contribution in [0.5, 0.6) is 0 Å². The van der Waals surface area contributed by atoms with Gasteiger partial charge in [-0.2, -0.15) is 0 Å². The SMILES string of the molecule is Cc1ccc(N2CCCC2c2ccc(Br)cc2)c(C)c1. The Morgan fingerprint density at radius 3 is 2.50 bits per heavy atom. The third kappa shape index (κ3) is 2.62. The lowest BCUT2D eigenvalue weighted by Gasteiger charge is -2.29. The minimum Gasteiger partial charge on any atom is -0.364 e. The fraction of sp³-hybridized carbons (Fsp3) is 0.333. The van der Waals surface area contributed by atoms with E-state index in [1.165, 1.54) is 35.2 Å². The van der Waals surface area contributed by atoms with E-state index in [1.807, 2.05) is 0 Å². The Bertz CT molecular complexity index is 603. The molecule has 2 heteroatoms. The molecule has 2 aromatic carbocycles. The first-order chi connectivity index (χ1) is 9.65. The molecule has 1 nitrogen and oxygen atoms in total. The summed E-state index contributed by atoms with van der Waals surface area (Å²) in [6.07, 6.45) is 2.52. The van der Waals surface area contributed by atoms with Crippen molar-refractivity contribution in [1.82, 2.24) is 0 Å². The van der Waals surface area contributed by atoms with E-state index in [4.69, 9.17) is 0 Å². The number of anilines is 1. The van der Waals surface area contributed by atoms with E-state index in [1.54, 1.807) is 0 Å². The maximum atomic E-state index is 3.52. The van der Waals surface area contributed by atoms with E-state index in [9.17, 15) is 0 Å². The van der Waals surface area contributed by atoms with Crippen molar-refractivity contribution in [3.05, 3.63) is 63.6 Å². The largest absolute Gasteiger partial charge is 0.364 e. The lowest BCUT2D eigenvalue weighted by atomic mass is 10.0. The Balaban J connectivity index is 1.94. The zero-order valence-electron chi connectivity index (χ0n) is 12.1. The first-order valence-electron chi connectivity index (χ1n) is 7.24. The summed E-state index contributed by atoms with van der Waals surface area (Å²) in [5.41, 5.74) is 5.53. The first kappa shape index (κ1) is 13.7. The van der Waals surface area contributed by atoms with Crippen molar-refractivity contribution in [2.75, 3.05) is 11.4 Å². The Morgan fingerprint density at radius 1 is 1.05 bits per heavy atom. The molecule has 2 aromatic rings. The monoisotopic (exact) mass is 329 g/mol. The summed E-state index contributed by atoms with van der Waals surface area (Å²) < 4.78 is 1.15. The van der Waals surface area contributed by atoms with Gasteiger partial charge in [0.05, 0.1) is 6.04 Å². The van der Waals surface area contributed by atoms with E-state index in [2.05, 4.69) is 77.1 Å². The molecule has 0 saturated carbocycles. The molecule has 1 fully saturated rings. The number of nitrogens with zero attached hydrogens (tertiary/aromatic N) is 1. The molecule has 20 heavy (non-hydrogen) atoms. The number of hydrogen-bond donors (Lipinski definition) is 0. The molecule has 104 valence electrons. The fourth-order valence-corrected chi connectivity index (χ4v) is 3.48. The molecule has 1 saturated heterocycles. The van der Waals surface area contributed by atoms with Crippen LogP contribution in [0.2, 0.25) is 0 Å². The van der Waals surface area contributed by atoms with Crippen LogP contribution in [0.1, 0.15) is 35.6 Å². The third-order valence-corrected chi connectivity index (χ3v) is 4.70. The summed E-state index contributed by atoms with van der Waals surface area (Å²) in [4.78, 5) is 2.57. The van der Waals surface area contributed by atoms with Crippen LogP contribution in [-0.2, 0) is 0 Å². The Morgan fingerprint density at radius 2 is 1.80 bits per heavy atom. The maximum Gasteiger partial charge on any atom is 0.0543 e. The predicted molar refractivity (Wildman–Crippen MR) is 89.4 cm³/mol. The summed E-state index contributed by atoms with van der Waals surface area (Å²) in [5.74, 6) is 0. The Kier molecular flexibility index (Phi) is 3.84. The molecule has 1 unspecified atom stereocenters. The topological polar surface area (TPSA) is 3.24 Å². The van der Waals surface area contributed by atoms with Crippen molar-refractivity contribution in [2.24, 2.45) is 0 Å². The summed E-state index contributed by atoms with van der Waals surface area (Å²) in [5, 5.41) is 0. The Hall–Kier alpha value is -1.28. The highest BCUT2D eigenvalue weighted by Gasteiger charge is 2.26. The van der Waals surface area contributed by atoms with E-state index in [-0.39, 0.29) is 0 Å². The third-order valence-electron chi connectivity index (χ3n) is 4.17. The normalized spacial score (nSPS) is 18.6. The van der Waals surface area contributed by atoms with Crippen LogP contribution in [-0.4, -0.2) is 6.54 Å². The Labute approximate surface area is 129 Å². The van der Waals surface area contributed by atoms with Crippen LogP contribution in [0.3, 0.4) is 0 Å². The molecule has 0 aromatic heterocycles. The smallest absolute Gasteiger partial charge is 0.0543 e. The number of benzene rings is 2. The van der Waals surface area contributed by atoms with Gasteiger partial charge in [-0.1, -0.05) is 45.8 Å². The molecule has 0 radical (unpaired) electrons. The van der Waals surface area contributed by atoms with Crippen molar-refractivity contribution < 1.29 is 0 Å². The molecule has 0 N–H and O–H groups in total. The highest BCUT2D eigenvalue weighted by atomic mass is 79.9. The van der Waals surface area contributed by atoms with Gasteiger partial charge in [-0.05, 0) is 56.0 Å². The van der Waals surface area contributed by atoms with Gasteiger partial charge in [0.2, 0.25) is 0 Å². The standard InChI is InChI=1S/C18H20BrN/c1-13-5-10-17(14(2)12-13)20-11-3-4-18(20)15-6-8-16(19)9-7-15/h5-10,12,18H,3-4,11H2,1-2H3. The average molecular weight is 330 g/mol. The second-order valence-electron chi connectivity index (χ2n) is 5.69. The van der Waals surface area contributed by atoms with Crippen LogP contribution in [0.25, 0.3) is 0 Å². The van der Waals surface area contributed by atoms with Gasteiger partial charge in [-0.25, -0.2) is 0 Å². The van der Waals surface area contributed by atoms with Gasteiger partial charge < -0.3 is 4.90 Å². The van der Waals surface area contributed by atoms with Gasteiger partial charge in [-0.3, -0.25) is 0 Å². The van der Waals surface area contributed by atoms with Gasteiger partial charge in [-0.15, -0.1) is 0 Å². The minimum atomic E-state index is 0.518. The van der Waals surface area contributed by atoms with Crippen molar-refractivity contribution >= 4 is 21.6 Å². The molecule has 1 aliphatic rings. The van der Waals surface area contributed by atoms with Crippen LogP contribution >= 0.6 is 15.9 Å². The molecule has 0 spiro atoms. The predicted octanol–water partition coefficient (Wildman–Crippen LogP) is 5.41. The zero-order chi connectivity index (χ0) is 14.1. The molecular weight excluding hydrogens is 310 g/mol. The van der Waals surface area contributed by atoms with Crippen LogP contribution in [0, 0.1) is 13.8 Å². The summed E-state index contributed by atoms with van der Waals surface area (Å²) in [6.45, 7) is 5.54. The van der Waals surface area contributed by atoms with Crippen LogP contribution in [0.4, 0.5) is 5.69 Å².